The van der Waals surface area contributed by atoms with Crippen molar-refractivity contribution in [1.29, 1.82) is 0 Å². The molecule has 0 bridgehead atoms. The van der Waals surface area contributed by atoms with E-state index in [1.165, 1.54) is 0 Å². The van der Waals surface area contributed by atoms with E-state index in [-0.39, 0.29) is 11.0 Å². The van der Waals surface area contributed by atoms with Gasteiger partial charge in [0.05, 0.1) is 10.2 Å². The zero-order valence-electron chi connectivity index (χ0n) is 17.2. The van der Waals surface area contributed by atoms with Crippen molar-refractivity contribution < 1.29 is 14.3 Å². The van der Waals surface area contributed by atoms with Gasteiger partial charge in [0.25, 0.3) is 5.91 Å². The maximum absolute atomic E-state index is 12.7. The summed E-state index contributed by atoms with van der Waals surface area (Å²) in [6, 6.07) is 19.1. The third-order valence-corrected chi connectivity index (χ3v) is 6.41. The molecule has 3 aromatic carbocycles. The first kappa shape index (κ1) is 20.4. The number of anilines is 1. The van der Waals surface area contributed by atoms with Crippen molar-refractivity contribution in [1.82, 2.24) is 10.3 Å². The lowest BCUT2D eigenvalue weighted by atomic mass is 10.1. The number of aromatic nitrogens is 1. The molecule has 0 spiro atoms. The van der Waals surface area contributed by atoms with E-state index in [4.69, 9.17) is 26.7 Å². The fourth-order valence-electron chi connectivity index (χ4n) is 3.50. The summed E-state index contributed by atoms with van der Waals surface area (Å²) < 4.78 is 12.2. The van der Waals surface area contributed by atoms with Crippen LogP contribution >= 0.6 is 23.6 Å². The van der Waals surface area contributed by atoms with E-state index >= 15 is 0 Å². The number of nitrogens with one attached hydrogen (secondary N) is 2. The fourth-order valence-corrected chi connectivity index (χ4v) is 4.75. The number of para-hydroxylation sites is 1. The van der Waals surface area contributed by atoms with Crippen LogP contribution in [0.4, 0.5) is 5.69 Å². The molecule has 0 saturated heterocycles. The van der Waals surface area contributed by atoms with Gasteiger partial charge < -0.3 is 14.8 Å². The standard InChI is InChI=1S/C24H19N3O3S2/c1-14-16(23-25-18-6-2-3-8-21(18)32-23)5-4-7-17(14)26-24(31)27-22(28)15-9-10-19-20(13-15)30-12-11-29-19/h2-10,13H,11-12H2,1H3,(H2,26,27,28,31). The fraction of sp³-hybridized carbons (Fsp3) is 0.125. The molecule has 0 unspecified atom stereocenters. The largest absolute Gasteiger partial charge is 0.486 e. The number of carbonyl (C=O) groups is 1. The number of hydrogen-bond acceptors (Lipinski definition) is 6. The summed E-state index contributed by atoms with van der Waals surface area (Å²) in [5.74, 6) is 0.873. The van der Waals surface area contributed by atoms with E-state index in [2.05, 4.69) is 16.7 Å². The summed E-state index contributed by atoms with van der Waals surface area (Å²) in [6.45, 7) is 2.97. The highest BCUT2D eigenvalue weighted by molar-refractivity contribution is 7.80. The van der Waals surface area contributed by atoms with Crippen LogP contribution in [0.2, 0.25) is 0 Å². The van der Waals surface area contributed by atoms with Crippen molar-refractivity contribution in [2.45, 2.75) is 6.92 Å². The molecule has 6 nitrogen and oxygen atoms in total. The predicted octanol–water partition coefficient (Wildman–Crippen LogP) is 5.17. The molecule has 1 amide bonds. The lowest BCUT2D eigenvalue weighted by Crippen LogP contribution is -2.34. The number of rotatable bonds is 3. The monoisotopic (exact) mass is 461 g/mol. The maximum atomic E-state index is 12.7. The van der Waals surface area contributed by atoms with Gasteiger partial charge in [-0.1, -0.05) is 24.3 Å². The quantitative estimate of drug-likeness (QED) is 0.410. The Labute approximate surface area is 194 Å². The molecule has 5 rings (SSSR count). The molecular weight excluding hydrogens is 442 g/mol. The number of thiocarbonyl (C=S) groups is 1. The second-order valence-electron chi connectivity index (χ2n) is 7.23. The third-order valence-electron chi connectivity index (χ3n) is 5.14. The molecule has 0 saturated carbocycles. The van der Waals surface area contributed by atoms with Crippen molar-refractivity contribution >= 4 is 50.5 Å². The van der Waals surface area contributed by atoms with E-state index in [0.29, 0.717) is 30.3 Å². The highest BCUT2D eigenvalue weighted by Crippen LogP contribution is 2.34. The maximum Gasteiger partial charge on any atom is 0.257 e. The van der Waals surface area contributed by atoms with Gasteiger partial charge in [0.1, 0.15) is 18.2 Å². The zero-order valence-corrected chi connectivity index (χ0v) is 18.8. The molecule has 1 aromatic heterocycles. The Balaban J connectivity index is 1.32. The molecule has 8 heteroatoms. The van der Waals surface area contributed by atoms with Crippen molar-refractivity contribution in [3.05, 3.63) is 71.8 Å². The van der Waals surface area contributed by atoms with Gasteiger partial charge in [-0.05, 0) is 61.1 Å². The van der Waals surface area contributed by atoms with E-state index < -0.39 is 0 Å². The first-order chi connectivity index (χ1) is 15.6. The highest BCUT2D eigenvalue weighted by atomic mass is 32.1. The minimum Gasteiger partial charge on any atom is -0.486 e. The minimum atomic E-state index is -0.320. The summed E-state index contributed by atoms with van der Waals surface area (Å²) in [7, 11) is 0. The molecule has 0 radical (unpaired) electrons. The van der Waals surface area contributed by atoms with Gasteiger partial charge in [-0.25, -0.2) is 4.98 Å². The highest BCUT2D eigenvalue weighted by Gasteiger charge is 2.17. The van der Waals surface area contributed by atoms with E-state index in [1.54, 1.807) is 29.5 Å². The number of thiazole rings is 1. The first-order valence-corrected chi connectivity index (χ1v) is 11.3. The van der Waals surface area contributed by atoms with E-state index in [9.17, 15) is 4.79 Å². The Morgan fingerprint density at radius 3 is 2.69 bits per heavy atom. The third kappa shape index (κ3) is 4.02. The van der Waals surface area contributed by atoms with Crippen molar-refractivity contribution in [3.8, 4) is 22.1 Å². The molecule has 2 N–H and O–H groups in total. The van der Waals surface area contributed by atoms with Gasteiger partial charge in [-0.15, -0.1) is 11.3 Å². The number of benzene rings is 3. The SMILES string of the molecule is Cc1c(NC(=S)NC(=O)c2ccc3c(c2)OCCO3)cccc1-c1nc2ccccc2s1. The molecular formula is C24H19N3O3S2. The van der Waals surface area contributed by atoms with Crippen LogP contribution in [0, 0.1) is 6.92 Å². The lowest BCUT2D eigenvalue weighted by molar-refractivity contribution is 0.0976. The number of carbonyl (C=O) groups excluding carboxylic acids is 1. The number of fused-ring (bicyclic) bond motifs is 2. The van der Waals surface area contributed by atoms with Crippen LogP contribution in [0.25, 0.3) is 20.8 Å². The van der Waals surface area contributed by atoms with Gasteiger partial charge in [0.2, 0.25) is 0 Å². The molecule has 1 aliphatic heterocycles. The minimum absolute atomic E-state index is 0.217. The van der Waals surface area contributed by atoms with Crippen molar-refractivity contribution in [3.63, 3.8) is 0 Å². The Kier molecular flexibility index (Phi) is 5.46. The second-order valence-corrected chi connectivity index (χ2v) is 8.67. The van der Waals surface area contributed by atoms with Crippen LogP contribution in [0.1, 0.15) is 15.9 Å². The van der Waals surface area contributed by atoms with Crippen LogP contribution < -0.4 is 20.1 Å². The molecule has 0 fully saturated rings. The Morgan fingerprint density at radius 2 is 1.84 bits per heavy atom. The zero-order chi connectivity index (χ0) is 22.1. The number of ether oxygens (including phenoxy) is 2. The smallest absolute Gasteiger partial charge is 0.257 e. The number of hydrogen-bond donors (Lipinski definition) is 2. The summed E-state index contributed by atoms with van der Waals surface area (Å²) in [5.41, 5.74) is 4.26. The van der Waals surface area contributed by atoms with Crippen molar-refractivity contribution in [2.24, 2.45) is 0 Å². The number of nitrogens with zero attached hydrogens (tertiary/aromatic N) is 1. The summed E-state index contributed by atoms with van der Waals surface area (Å²) in [5, 5.41) is 7.03. The molecule has 4 aromatic rings. The first-order valence-electron chi connectivity index (χ1n) is 10.1. The molecule has 32 heavy (non-hydrogen) atoms. The molecule has 2 heterocycles. The average molecular weight is 462 g/mol. The average Bonchev–Trinajstić information content (AvgIpc) is 3.24. The van der Waals surface area contributed by atoms with Crippen LogP contribution in [-0.2, 0) is 0 Å². The summed E-state index contributed by atoms with van der Waals surface area (Å²) >= 11 is 7.04. The van der Waals surface area contributed by atoms with E-state index in [1.807, 2.05) is 43.3 Å². The Morgan fingerprint density at radius 1 is 1.03 bits per heavy atom. The second kappa shape index (κ2) is 8.57. The van der Waals surface area contributed by atoms with Crippen LogP contribution in [0.5, 0.6) is 11.5 Å². The lowest BCUT2D eigenvalue weighted by Gasteiger charge is -2.19. The summed E-state index contributed by atoms with van der Waals surface area (Å²) in [6.07, 6.45) is 0. The molecule has 1 aliphatic rings. The Hall–Kier alpha value is -3.49. The van der Waals surface area contributed by atoms with Crippen LogP contribution in [-0.4, -0.2) is 29.2 Å². The number of amides is 1. The molecule has 160 valence electrons. The molecule has 0 atom stereocenters. The van der Waals surface area contributed by atoms with Gasteiger partial charge in [-0.2, -0.15) is 0 Å². The van der Waals surface area contributed by atoms with E-state index in [0.717, 1.165) is 32.0 Å². The van der Waals surface area contributed by atoms with Crippen molar-refractivity contribution in [2.75, 3.05) is 18.5 Å². The van der Waals surface area contributed by atoms with Gasteiger partial charge >= 0.3 is 0 Å². The van der Waals surface area contributed by atoms with Crippen LogP contribution in [0.15, 0.2) is 60.7 Å². The van der Waals surface area contributed by atoms with Gasteiger partial charge in [-0.3, -0.25) is 10.1 Å². The van der Waals surface area contributed by atoms with Crippen LogP contribution in [0.3, 0.4) is 0 Å². The topological polar surface area (TPSA) is 72.5 Å². The predicted molar refractivity (Wildman–Crippen MR) is 131 cm³/mol. The normalized spacial score (nSPS) is 12.4. The molecule has 0 aliphatic carbocycles. The van der Waals surface area contributed by atoms with Gasteiger partial charge in [0.15, 0.2) is 16.6 Å². The summed E-state index contributed by atoms with van der Waals surface area (Å²) in [4.78, 5) is 17.4. The van der Waals surface area contributed by atoms with Gasteiger partial charge in [0, 0.05) is 16.8 Å². The Bertz CT molecular complexity index is 1320.